The molecule has 0 radical (unpaired) electrons. The highest BCUT2D eigenvalue weighted by Gasteiger charge is 1.84. The second-order valence-electron chi connectivity index (χ2n) is 2.38. The minimum atomic E-state index is -1.10. The van der Waals surface area contributed by atoms with Crippen molar-refractivity contribution in [3.8, 4) is 11.8 Å². The Kier molecular flexibility index (Phi) is 5.82. The van der Waals surface area contributed by atoms with E-state index in [9.17, 15) is 4.79 Å². The fourth-order valence-corrected chi connectivity index (χ4v) is 0.647. The average molecular weight is 205 g/mol. The number of hydrogen-bond donors (Lipinski definition) is 4. The Morgan fingerprint density at radius 2 is 1.73 bits per heavy atom. The normalized spacial score (nSPS) is 7.47. The minimum absolute atomic E-state index is 0.333. The zero-order valence-electron chi connectivity index (χ0n) is 7.90. The van der Waals surface area contributed by atoms with Gasteiger partial charge >= 0.3 is 5.97 Å². The van der Waals surface area contributed by atoms with Crippen LogP contribution in [0.1, 0.15) is 5.56 Å². The van der Waals surface area contributed by atoms with E-state index in [-0.39, 0.29) is 5.96 Å². The molecule has 0 atom stereocenters. The van der Waals surface area contributed by atoms with Gasteiger partial charge in [-0.25, -0.2) is 4.79 Å². The maximum atomic E-state index is 10.00. The van der Waals surface area contributed by atoms with Crippen LogP contribution in [-0.4, -0.2) is 17.0 Å². The topological polar surface area (TPSA) is 113 Å². The van der Waals surface area contributed by atoms with Crippen LogP contribution in [0, 0.1) is 17.3 Å². The molecule has 0 spiro atoms. The molecule has 1 aromatic carbocycles. The number of aliphatic carboxylic acids is 1. The van der Waals surface area contributed by atoms with Gasteiger partial charge in [-0.05, 0) is 12.1 Å². The summed E-state index contributed by atoms with van der Waals surface area (Å²) in [5, 5.41) is 14.3. The number of carboxylic acid groups (broad SMARTS) is 1. The first kappa shape index (κ1) is 12.5. The zero-order valence-corrected chi connectivity index (χ0v) is 7.90. The van der Waals surface area contributed by atoms with E-state index in [1.165, 1.54) is 0 Å². The first-order valence-corrected chi connectivity index (χ1v) is 3.92. The number of carboxylic acids is 1. The van der Waals surface area contributed by atoms with Gasteiger partial charge in [-0.15, -0.1) is 0 Å². The molecule has 0 fully saturated rings. The molecule has 78 valence electrons. The van der Waals surface area contributed by atoms with E-state index in [0.29, 0.717) is 0 Å². The predicted molar refractivity (Wildman–Crippen MR) is 57.1 cm³/mol. The van der Waals surface area contributed by atoms with Crippen LogP contribution in [0.4, 0.5) is 0 Å². The van der Waals surface area contributed by atoms with Crippen LogP contribution in [-0.2, 0) is 4.79 Å². The van der Waals surface area contributed by atoms with Crippen molar-refractivity contribution in [3.63, 3.8) is 0 Å². The second-order valence-corrected chi connectivity index (χ2v) is 2.38. The van der Waals surface area contributed by atoms with E-state index in [2.05, 4.69) is 17.4 Å². The van der Waals surface area contributed by atoms with Gasteiger partial charge in [-0.1, -0.05) is 24.1 Å². The summed E-state index contributed by atoms with van der Waals surface area (Å²) in [6.07, 6.45) is 0. The number of nitrogens with one attached hydrogen (secondary N) is 1. The van der Waals surface area contributed by atoms with Crippen LogP contribution in [0.15, 0.2) is 30.3 Å². The Labute approximate surface area is 87.2 Å². The highest BCUT2D eigenvalue weighted by atomic mass is 16.4. The molecular weight excluding hydrogens is 194 g/mol. The third kappa shape index (κ3) is 9.43. The van der Waals surface area contributed by atoms with E-state index in [1.807, 2.05) is 24.1 Å². The van der Waals surface area contributed by atoms with Crippen LogP contribution < -0.4 is 11.5 Å². The van der Waals surface area contributed by atoms with Crippen LogP contribution in [0.5, 0.6) is 0 Å². The van der Waals surface area contributed by atoms with Crippen molar-refractivity contribution in [1.29, 1.82) is 5.41 Å². The smallest absolute Gasteiger partial charge is 0.382 e. The summed E-state index contributed by atoms with van der Waals surface area (Å²) in [5.74, 6) is 3.09. The standard InChI is InChI=1S/C9H6O2.CH5N3/c10-9(11)7-6-8-4-2-1-3-5-8;2-1(3)4/h1-5H,(H,10,11);(H5,2,3,4). The zero-order chi connectivity index (χ0) is 11.7. The van der Waals surface area contributed by atoms with Crippen LogP contribution in [0.2, 0.25) is 0 Å². The van der Waals surface area contributed by atoms with Crippen molar-refractivity contribution in [2.45, 2.75) is 0 Å². The van der Waals surface area contributed by atoms with E-state index in [4.69, 9.17) is 10.5 Å². The summed E-state index contributed by atoms with van der Waals surface area (Å²) in [7, 11) is 0. The van der Waals surface area contributed by atoms with Crippen molar-refractivity contribution in [3.05, 3.63) is 35.9 Å². The molecule has 0 aliphatic rings. The molecule has 0 unspecified atom stereocenters. The fraction of sp³-hybridized carbons (Fsp3) is 0. The summed E-state index contributed by atoms with van der Waals surface area (Å²) < 4.78 is 0. The maximum Gasteiger partial charge on any atom is 0.382 e. The molecular formula is C10H11N3O2. The molecule has 0 aliphatic heterocycles. The Hall–Kier alpha value is -2.48. The Balaban J connectivity index is 0.000000423. The molecule has 0 aliphatic carbocycles. The van der Waals surface area contributed by atoms with Crippen molar-refractivity contribution >= 4 is 11.9 Å². The van der Waals surface area contributed by atoms with Crippen molar-refractivity contribution in [1.82, 2.24) is 0 Å². The van der Waals surface area contributed by atoms with Gasteiger partial charge in [0.15, 0.2) is 5.96 Å². The van der Waals surface area contributed by atoms with Gasteiger partial charge in [0.1, 0.15) is 0 Å². The number of carbonyl (C=O) groups is 1. The number of hydrogen-bond acceptors (Lipinski definition) is 2. The Morgan fingerprint density at radius 3 is 2.13 bits per heavy atom. The second kappa shape index (κ2) is 6.97. The third-order valence-corrected chi connectivity index (χ3v) is 1.09. The predicted octanol–water partition coefficient (Wildman–Crippen LogP) is -0.0387. The lowest BCUT2D eigenvalue weighted by Gasteiger charge is -1.83. The lowest BCUT2D eigenvalue weighted by Crippen LogP contribution is -2.20. The molecule has 1 rings (SSSR count). The number of guanidine groups is 1. The van der Waals surface area contributed by atoms with Crippen LogP contribution >= 0.6 is 0 Å². The molecule has 6 N–H and O–H groups in total. The Morgan fingerprint density at radius 1 is 1.27 bits per heavy atom. The largest absolute Gasteiger partial charge is 0.472 e. The SMILES string of the molecule is N=C(N)N.O=C(O)C#Cc1ccccc1. The lowest BCUT2D eigenvalue weighted by atomic mass is 10.2. The molecule has 0 heterocycles. The third-order valence-electron chi connectivity index (χ3n) is 1.09. The maximum absolute atomic E-state index is 10.00. The average Bonchev–Trinajstić information content (AvgIpc) is 2.15. The molecule has 0 saturated carbocycles. The van der Waals surface area contributed by atoms with Crippen LogP contribution in [0.3, 0.4) is 0 Å². The fourth-order valence-electron chi connectivity index (χ4n) is 0.647. The first-order valence-electron chi connectivity index (χ1n) is 3.92. The molecule has 0 bridgehead atoms. The van der Waals surface area contributed by atoms with Crippen molar-refractivity contribution < 1.29 is 9.90 Å². The van der Waals surface area contributed by atoms with E-state index in [0.717, 1.165) is 5.56 Å². The van der Waals surface area contributed by atoms with E-state index >= 15 is 0 Å². The van der Waals surface area contributed by atoms with E-state index in [1.54, 1.807) is 12.1 Å². The van der Waals surface area contributed by atoms with Gasteiger partial charge in [0.05, 0.1) is 0 Å². The van der Waals surface area contributed by atoms with Gasteiger partial charge in [0, 0.05) is 11.5 Å². The van der Waals surface area contributed by atoms with Crippen LogP contribution in [0.25, 0.3) is 0 Å². The summed E-state index contributed by atoms with van der Waals surface area (Å²) in [4.78, 5) is 10.00. The number of nitrogens with two attached hydrogens (primary N) is 2. The van der Waals surface area contributed by atoms with Gasteiger partial charge in [-0.3, -0.25) is 5.41 Å². The van der Waals surface area contributed by atoms with Gasteiger partial charge in [-0.2, -0.15) is 0 Å². The van der Waals surface area contributed by atoms with E-state index < -0.39 is 5.97 Å². The molecule has 5 nitrogen and oxygen atoms in total. The van der Waals surface area contributed by atoms with Crippen molar-refractivity contribution in [2.75, 3.05) is 0 Å². The Bertz CT molecular complexity index is 386. The molecule has 0 aromatic heterocycles. The summed E-state index contributed by atoms with van der Waals surface area (Å²) in [5.41, 5.74) is 9.66. The van der Waals surface area contributed by atoms with Gasteiger partial charge in [0.25, 0.3) is 0 Å². The minimum Gasteiger partial charge on any atom is -0.472 e. The monoisotopic (exact) mass is 205 g/mol. The summed E-state index contributed by atoms with van der Waals surface area (Å²) >= 11 is 0. The quantitative estimate of drug-likeness (QED) is 0.270. The molecule has 15 heavy (non-hydrogen) atoms. The van der Waals surface area contributed by atoms with Crippen molar-refractivity contribution in [2.24, 2.45) is 11.5 Å². The molecule has 0 amide bonds. The summed E-state index contributed by atoms with van der Waals surface area (Å²) in [6.45, 7) is 0. The number of rotatable bonds is 0. The lowest BCUT2D eigenvalue weighted by molar-refractivity contribution is -0.130. The highest BCUT2D eigenvalue weighted by Crippen LogP contribution is 1.93. The summed E-state index contributed by atoms with van der Waals surface area (Å²) in [6, 6.07) is 9.00. The molecule has 0 saturated heterocycles. The highest BCUT2D eigenvalue weighted by molar-refractivity contribution is 5.87. The first-order chi connectivity index (χ1) is 7.02. The van der Waals surface area contributed by atoms with Gasteiger partial charge < -0.3 is 16.6 Å². The molecule has 5 heteroatoms. The van der Waals surface area contributed by atoms with Gasteiger partial charge in [0.2, 0.25) is 0 Å². The number of benzene rings is 1. The molecule has 1 aromatic rings.